The molecule has 18 heavy (non-hydrogen) atoms. The molecule has 0 spiro atoms. The maximum Gasteiger partial charge on any atom is 0.394 e. The number of guanidine groups is 1. The van der Waals surface area contributed by atoms with Crippen LogP contribution in [0.4, 0.5) is 0 Å². The number of nitrogens with two attached hydrogens (primary N) is 2. The van der Waals surface area contributed by atoms with Gasteiger partial charge in [0.25, 0.3) is 0 Å². The molecular weight excluding hydrogens is 258 g/mol. The van der Waals surface area contributed by atoms with E-state index in [1.54, 1.807) is 0 Å². The predicted molar refractivity (Wildman–Crippen MR) is 70.3 cm³/mol. The van der Waals surface area contributed by atoms with Gasteiger partial charge in [0.1, 0.15) is 0 Å². The van der Waals surface area contributed by atoms with Gasteiger partial charge in [0.15, 0.2) is 5.96 Å². The minimum absolute atomic E-state index is 0.123. The van der Waals surface area contributed by atoms with Crippen LogP contribution in [0.5, 0.6) is 0 Å². The summed E-state index contributed by atoms with van der Waals surface area (Å²) in [5, 5.41) is 0. The van der Waals surface area contributed by atoms with Gasteiger partial charge in [0.05, 0.1) is 6.54 Å². The van der Waals surface area contributed by atoms with Crippen molar-refractivity contribution in [1.29, 1.82) is 0 Å². The molecule has 0 fully saturated rings. The highest BCUT2D eigenvalue weighted by Crippen LogP contribution is 2.00. The number of hydrogen-bond acceptors (Lipinski definition) is 3. The molecule has 0 saturated carbocycles. The second-order valence-electron chi connectivity index (χ2n) is 3.03. The second-order valence-corrected chi connectivity index (χ2v) is 3.92. The molecule has 0 bridgehead atoms. The van der Waals surface area contributed by atoms with E-state index >= 15 is 0 Å². The van der Waals surface area contributed by atoms with Crippen molar-refractivity contribution in [3.63, 3.8) is 0 Å². The largest absolute Gasteiger partial charge is 0.394 e. The minimum Gasteiger partial charge on any atom is -0.370 e. The summed E-state index contributed by atoms with van der Waals surface area (Å²) in [4.78, 5) is 3.83. The number of hydrogen-bond donors (Lipinski definition) is 4. The van der Waals surface area contributed by atoms with Gasteiger partial charge in [0, 0.05) is 0 Å². The minimum atomic E-state index is -4.67. The van der Waals surface area contributed by atoms with Gasteiger partial charge in [0.2, 0.25) is 0 Å². The highest BCUT2D eigenvalue weighted by Gasteiger charge is 1.84. The molecule has 0 atom stereocenters. The first-order valence-electron chi connectivity index (χ1n) is 4.76. The number of benzene rings is 1. The van der Waals surface area contributed by atoms with Crippen LogP contribution in [0, 0.1) is 0 Å². The summed E-state index contributed by atoms with van der Waals surface area (Å²) < 4.78 is 31.6. The lowest BCUT2D eigenvalue weighted by Gasteiger charge is -1.90. The molecule has 0 aliphatic heterocycles. The van der Waals surface area contributed by atoms with Crippen molar-refractivity contribution in [1.82, 2.24) is 0 Å². The molecule has 0 aliphatic rings. The molecule has 0 aliphatic carbocycles. The van der Waals surface area contributed by atoms with E-state index in [4.69, 9.17) is 29.0 Å². The first-order chi connectivity index (χ1) is 8.29. The van der Waals surface area contributed by atoms with Crippen LogP contribution in [0.25, 0.3) is 6.08 Å². The van der Waals surface area contributed by atoms with Gasteiger partial charge in [-0.15, -0.1) is 0 Å². The van der Waals surface area contributed by atoms with E-state index in [9.17, 15) is 0 Å². The number of nitrogens with zero attached hydrogens (tertiary/aromatic N) is 1. The average molecular weight is 273 g/mol. The SMILES string of the molecule is NC(N)=NC/C=C/c1ccccc1.O=S(=O)(O)O. The Kier molecular flexibility index (Phi) is 7.36. The fraction of sp³-hybridized carbons (Fsp3) is 0.100. The molecule has 7 nitrogen and oxygen atoms in total. The highest BCUT2D eigenvalue weighted by molar-refractivity contribution is 7.79. The average Bonchev–Trinajstić information content (AvgIpc) is 2.23. The lowest BCUT2D eigenvalue weighted by molar-refractivity contribution is 0.381. The maximum absolute atomic E-state index is 8.74. The molecule has 1 aromatic rings. The molecule has 6 N–H and O–H groups in total. The van der Waals surface area contributed by atoms with Crippen molar-refractivity contribution < 1.29 is 17.5 Å². The third-order valence-corrected chi connectivity index (χ3v) is 1.49. The Labute approximate surface area is 105 Å². The Morgan fingerprint density at radius 1 is 1.22 bits per heavy atom. The van der Waals surface area contributed by atoms with Crippen LogP contribution in [-0.2, 0) is 10.4 Å². The lowest BCUT2D eigenvalue weighted by Crippen LogP contribution is -2.22. The van der Waals surface area contributed by atoms with Gasteiger partial charge in [-0.25, -0.2) is 4.99 Å². The van der Waals surface area contributed by atoms with Crippen LogP contribution in [0.1, 0.15) is 5.56 Å². The van der Waals surface area contributed by atoms with Gasteiger partial charge in [-0.3, -0.25) is 9.11 Å². The zero-order chi connectivity index (χ0) is 14.0. The monoisotopic (exact) mass is 273 g/mol. The third kappa shape index (κ3) is 14.1. The molecule has 1 rings (SSSR count). The van der Waals surface area contributed by atoms with E-state index in [0.29, 0.717) is 6.54 Å². The Morgan fingerprint density at radius 3 is 2.17 bits per heavy atom. The van der Waals surface area contributed by atoms with Crippen LogP contribution in [0.2, 0.25) is 0 Å². The Morgan fingerprint density at radius 2 is 1.72 bits per heavy atom. The zero-order valence-electron chi connectivity index (χ0n) is 9.47. The Bertz CT molecular complexity index is 485. The van der Waals surface area contributed by atoms with Crippen LogP contribution >= 0.6 is 0 Å². The van der Waals surface area contributed by atoms with E-state index in [-0.39, 0.29) is 5.96 Å². The van der Waals surface area contributed by atoms with Crippen LogP contribution in [0.3, 0.4) is 0 Å². The predicted octanol–water partition coefficient (Wildman–Crippen LogP) is 0.320. The summed E-state index contributed by atoms with van der Waals surface area (Å²) in [5.41, 5.74) is 11.5. The number of aliphatic imine (C=N–C) groups is 1. The van der Waals surface area contributed by atoms with Crippen molar-refractivity contribution in [2.45, 2.75) is 0 Å². The lowest BCUT2D eigenvalue weighted by atomic mass is 10.2. The molecule has 1 aromatic carbocycles. The molecule has 0 aromatic heterocycles. The van der Waals surface area contributed by atoms with Gasteiger partial charge in [-0.2, -0.15) is 8.42 Å². The van der Waals surface area contributed by atoms with E-state index in [1.165, 1.54) is 0 Å². The molecule has 0 amide bonds. The standard InChI is InChI=1S/C10H13N3.H2O4S/c11-10(12)13-8-4-7-9-5-2-1-3-6-9;1-5(2,3)4/h1-7H,8H2,(H4,11,12,13);(H2,1,2,3,4)/b7-4+;. The van der Waals surface area contributed by atoms with Gasteiger partial charge < -0.3 is 11.5 Å². The summed E-state index contributed by atoms with van der Waals surface area (Å²) in [6.07, 6.45) is 3.89. The second kappa shape index (κ2) is 8.23. The van der Waals surface area contributed by atoms with Gasteiger partial charge in [-0.1, -0.05) is 42.5 Å². The molecule has 0 saturated heterocycles. The summed E-state index contributed by atoms with van der Waals surface area (Å²) >= 11 is 0. The molecule has 0 heterocycles. The van der Waals surface area contributed by atoms with E-state index in [1.807, 2.05) is 42.5 Å². The van der Waals surface area contributed by atoms with Crippen molar-refractivity contribution >= 4 is 22.4 Å². The summed E-state index contributed by atoms with van der Waals surface area (Å²) in [6, 6.07) is 9.99. The molecule has 8 heteroatoms. The van der Waals surface area contributed by atoms with Crippen LogP contribution in [-0.4, -0.2) is 30.0 Å². The third-order valence-electron chi connectivity index (χ3n) is 1.49. The Balaban J connectivity index is 0.000000494. The summed E-state index contributed by atoms with van der Waals surface area (Å²) in [6.45, 7) is 0.525. The summed E-state index contributed by atoms with van der Waals surface area (Å²) in [7, 11) is -4.67. The maximum atomic E-state index is 8.74. The van der Waals surface area contributed by atoms with E-state index in [2.05, 4.69) is 4.99 Å². The molecule has 100 valence electrons. The first kappa shape index (κ1) is 16.1. The van der Waals surface area contributed by atoms with E-state index in [0.717, 1.165) is 5.56 Å². The van der Waals surface area contributed by atoms with Gasteiger partial charge >= 0.3 is 10.4 Å². The molecule has 0 unspecified atom stereocenters. The van der Waals surface area contributed by atoms with Crippen molar-refractivity contribution in [3.8, 4) is 0 Å². The normalized spacial score (nSPS) is 10.6. The fourth-order valence-electron chi connectivity index (χ4n) is 0.911. The van der Waals surface area contributed by atoms with E-state index < -0.39 is 10.4 Å². The van der Waals surface area contributed by atoms with Crippen molar-refractivity contribution in [2.24, 2.45) is 16.5 Å². The molecular formula is C10H15N3O4S. The van der Waals surface area contributed by atoms with Crippen molar-refractivity contribution in [2.75, 3.05) is 6.54 Å². The first-order valence-corrected chi connectivity index (χ1v) is 6.15. The molecule has 0 radical (unpaired) electrons. The topological polar surface area (TPSA) is 139 Å². The quantitative estimate of drug-likeness (QED) is 0.355. The van der Waals surface area contributed by atoms with Crippen LogP contribution < -0.4 is 11.5 Å². The summed E-state index contributed by atoms with van der Waals surface area (Å²) in [5.74, 6) is 0.123. The number of rotatable bonds is 3. The van der Waals surface area contributed by atoms with Crippen molar-refractivity contribution in [3.05, 3.63) is 42.0 Å². The zero-order valence-corrected chi connectivity index (χ0v) is 10.3. The Hall–Kier alpha value is -1.90. The van der Waals surface area contributed by atoms with Crippen LogP contribution in [0.15, 0.2) is 41.4 Å². The smallest absolute Gasteiger partial charge is 0.370 e. The highest BCUT2D eigenvalue weighted by atomic mass is 32.3. The fourth-order valence-corrected chi connectivity index (χ4v) is 0.911. The van der Waals surface area contributed by atoms with Gasteiger partial charge in [-0.05, 0) is 5.56 Å².